The molecule has 2 aromatic heterocycles. The van der Waals surface area contributed by atoms with Gasteiger partial charge in [0.05, 0.1) is 18.2 Å². The van der Waals surface area contributed by atoms with Crippen LogP contribution in [0.15, 0.2) is 47.2 Å². The first kappa shape index (κ1) is 19.3. The molecule has 1 atom stereocenters. The number of morpholine rings is 1. The van der Waals surface area contributed by atoms with Crippen LogP contribution >= 0.6 is 11.6 Å². The second-order valence-electron chi connectivity index (χ2n) is 6.26. The first-order valence-electron chi connectivity index (χ1n) is 8.81. The lowest BCUT2D eigenvalue weighted by molar-refractivity contribution is -0.142. The van der Waals surface area contributed by atoms with Crippen molar-refractivity contribution in [2.24, 2.45) is 0 Å². The molecule has 1 aliphatic rings. The van der Waals surface area contributed by atoms with E-state index in [-0.39, 0.29) is 24.1 Å². The predicted molar refractivity (Wildman–Crippen MR) is 99.7 cm³/mol. The number of carbonyl (C=O) groups is 1. The highest BCUT2D eigenvalue weighted by Gasteiger charge is 2.29. The van der Waals surface area contributed by atoms with Gasteiger partial charge in [-0.1, -0.05) is 16.8 Å². The van der Waals surface area contributed by atoms with E-state index in [1.165, 1.54) is 18.2 Å². The number of hydrogen-bond donors (Lipinski definition) is 0. The zero-order valence-electron chi connectivity index (χ0n) is 15.1. The number of halogens is 2. The van der Waals surface area contributed by atoms with Crippen molar-refractivity contribution in [2.75, 3.05) is 26.3 Å². The quantitative estimate of drug-likeness (QED) is 0.629. The average molecular weight is 419 g/mol. The molecule has 8 nitrogen and oxygen atoms in total. The summed E-state index contributed by atoms with van der Waals surface area (Å²) in [6.45, 7) is 0.783. The maximum Gasteiger partial charge on any atom is 0.260 e. The summed E-state index contributed by atoms with van der Waals surface area (Å²) in [5.74, 6) is 0.236. The van der Waals surface area contributed by atoms with E-state index in [1.807, 2.05) is 0 Å². The van der Waals surface area contributed by atoms with E-state index in [4.69, 9.17) is 25.6 Å². The summed E-state index contributed by atoms with van der Waals surface area (Å²) in [6.07, 6.45) is 2.74. The fourth-order valence-corrected chi connectivity index (χ4v) is 2.98. The van der Waals surface area contributed by atoms with Crippen LogP contribution in [-0.4, -0.2) is 52.2 Å². The smallest absolute Gasteiger partial charge is 0.260 e. The lowest BCUT2D eigenvalue weighted by Crippen LogP contribution is -2.44. The molecule has 1 saturated heterocycles. The fraction of sp³-hybridized carbons (Fsp3) is 0.263. The van der Waals surface area contributed by atoms with Crippen LogP contribution in [0.5, 0.6) is 5.75 Å². The topological polar surface area (TPSA) is 90.6 Å². The summed E-state index contributed by atoms with van der Waals surface area (Å²) in [7, 11) is 0. The van der Waals surface area contributed by atoms with Crippen LogP contribution in [-0.2, 0) is 9.53 Å². The van der Waals surface area contributed by atoms with Gasteiger partial charge in [0.2, 0.25) is 5.82 Å². The number of rotatable bonds is 5. The summed E-state index contributed by atoms with van der Waals surface area (Å²) in [6, 6.07) is 7.46. The Labute approximate surface area is 170 Å². The van der Waals surface area contributed by atoms with Crippen LogP contribution in [0.25, 0.3) is 11.4 Å². The molecule has 0 N–H and O–H groups in total. The molecule has 150 valence electrons. The molecule has 1 amide bonds. The number of aromatic nitrogens is 3. The molecule has 1 aromatic carbocycles. The van der Waals surface area contributed by atoms with Crippen LogP contribution in [0.3, 0.4) is 0 Å². The molecule has 1 aliphatic heterocycles. The van der Waals surface area contributed by atoms with E-state index in [9.17, 15) is 9.18 Å². The van der Waals surface area contributed by atoms with Crippen LogP contribution in [0.2, 0.25) is 5.02 Å². The first-order valence-corrected chi connectivity index (χ1v) is 9.19. The molecular weight excluding hydrogens is 403 g/mol. The van der Waals surface area contributed by atoms with Gasteiger partial charge >= 0.3 is 0 Å². The van der Waals surface area contributed by atoms with E-state index in [0.717, 1.165) is 5.56 Å². The van der Waals surface area contributed by atoms with Crippen molar-refractivity contribution >= 4 is 17.5 Å². The lowest BCUT2D eigenvalue weighted by Gasteiger charge is -2.31. The SMILES string of the molecule is O=C(COc1ccc(F)c(Cl)c1)N1CCOC(c2nc(-c3ccncc3)no2)C1. The second-order valence-corrected chi connectivity index (χ2v) is 6.66. The summed E-state index contributed by atoms with van der Waals surface area (Å²) in [5, 5.41) is 3.89. The molecule has 1 fully saturated rings. The monoisotopic (exact) mass is 418 g/mol. The lowest BCUT2D eigenvalue weighted by atomic mass is 10.2. The number of nitrogens with zero attached hydrogens (tertiary/aromatic N) is 4. The van der Waals surface area contributed by atoms with Gasteiger partial charge in [-0.3, -0.25) is 9.78 Å². The molecule has 0 saturated carbocycles. The number of amides is 1. The fourth-order valence-electron chi connectivity index (χ4n) is 2.81. The van der Waals surface area contributed by atoms with Gasteiger partial charge in [0, 0.05) is 30.6 Å². The van der Waals surface area contributed by atoms with Crippen LogP contribution < -0.4 is 4.74 Å². The molecule has 1 unspecified atom stereocenters. The molecule has 0 bridgehead atoms. The Balaban J connectivity index is 1.37. The molecule has 0 aliphatic carbocycles. The van der Waals surface area contributed by atoms with Crippen LogP contribution in [0.1, 0.15) is 12.0 Å². The van der Waals surface area contributed by atoms with Gasteiger partial charge in [-0.25, -0.2) is 4.39 Å². The number of ether oxygens (including phenoxy) is 2. The molecule has 3 heterocycles. The zero-order chi connectivity index (χ0) is 20.2. The second kappa shape index (κ2) is 8.54. The average Bonchev–Trinajstić information content (AvgIpc) is 3.25. The van der Waals surface area contributed by atoms with Crippen molar-refractivity contribution in [1.29, 1.82) is 0 Å². The maximum atomic E-state index is 13.2. The zero-order valence-corrected chi connectivity index (χ0v) is 15.9. The first-order chi connectivity index (χ1) is 14.1. The van der Waals surface area contributed by atoms with Gasteiger partial charge in [0.25, 0.3) is 11.8 Å². The summed E-state index contributed by atoms with van der Waals surface area (Å²) < 4.78 is 29.6. The standard InChI is InChI=1S/C19H16ClFN4O4/c20-14-9-13(1-2-15(14)21)28-11-17(26)25-7-8-27-16(10-25)19-23-18(24-29-19)12-3-5-22-6-4-12/h1-6,9,16H,7-8,10-11H2. The van der Waals surface area contributed by atoms with Crippen LogP contribution in [0, 0.1) is 5.82 Å². The Bertz CT molecular complexity index is 1000. The third-order valence-electron chi connectivity index (χ3n) is 4.33. The van der Waals surface area contributed by atoms with E-state index >= 15 is 0 Å². The van der Waals surface area contributed by atoms with Crippen molar-refractivity contribution in [2.45, 2.75) is 6.10 Å². The van der Waals surface area contributed by atoms with E-state index in [2.05, 4.69) is 15.1 Å². The Kier molecular flexibility index (Phi) is 5.68. The Morgan fingerprint density at radius 2 is 2.14 bits per heavy atom. The van der Waals surface area contributed by atoms with Crippen LogP contribution in [0.4, 0.5) is 4.39 Å². The minimum atomic E-state index is -0.549. The summed E-state index contributed by atoms with van der Waals surface area (Å²) in [4.78, 5) is 22.4. The molecule has 4 rings (SSSR count). The van der Waals surface area contributed by atoms with E-state index < -0.39 is 11.9 Å². The van der Waals surface area contributed by atoms with Crippen molar-refractivity contribution in [3.8, 4) is 17.1 Å². The van der Waals surface area contributed by atoms with Gasteiger partial charge in [-0.05, 0) is 24.3 Å². The van der Waals surface area contributed by atoms with Crippen molar-refractivity contribution in [3.05, 3.63) is 59.5 Å². The van der Waals surface area contributed by atoms with Crippen molar-refractivity contribution < 1.29 is 23.2 Å². The summed E-state index contributed by atoms with van der Waals surface area (Å²) in [5.41, 5.74) is 0.769. The predicted octanol–water partition coefficient (Wildman–Crippen LogP) is 2.90. The normalized spacial score (nSPS) is 16.6. The van der Waals surface area contributed by atoms with E-state index in [0.29, 0.717) is 30.6 Å². The minimum absolute atomic E-state index is 0.0669. The third kappa shape index (κ3) is 4.52. The highest BCUT2D eigenvalue weighted by atomic mass is 35.5. The van der Waals surface area contributed by atoms with E-state index in [1.54, 1.807) is 29.4 Å². The Morgan fingerprint density at radius 3 is 2.93 bits per heavy atom. The van der Waals surface area contributed by atoms with Gasteiger partial charge in [0.1, 0.15) is 11.6 Å². The molecule has 10 heteroatoms. The third-order valence-corrected chi connectivity index (χ3v) is 4.62. The number of hydrogen-bond acceptors (Lipinski definition) is 7. The summed E-state index contributed by atoms with van der Waals surface area (Å²) >= 11 is 5.72. The molecule has 3 aromatic rings. The molecule has 0 spiro atoms. The van der Waals surface area contributed by atoms with Gasteiger partial charge < -0.3 is 18.9 Å². The highest BCUT2D eigenvalue weighted by molar-refractivity contribution is 6.30. The largest absolute Gasteiger partial charge is 0.484 e. The highest BCUT2D eigenvalue weighted by Crippen LogP contribution is 2.24. The van der Waals surface area contributed by atoms with Crippen molar-refractivity contribution in [3.63, 3.8) is 0 Å². The van der Waals surface area contributed by atoms with Gasteiger partial charge in [-0.2, -0.15) is 4.98 Å². The number of pyridine rings is 1. The maximum absolute atomic E-state index is 13.2. The van der Waals surface area contributed by atoms with Crippen molar-refractivity contribution in [1.82, 2.24) is 20.0 Å². The Hall–Kier alpha value is -3.04. The Morgan fingerprint density at radius 1 is 1.31 bits per heavy atom. The number of carbonyl (C=O) groups excluding carboxylic acids is 1. The van der Waals surface area contributed by atoms with Gasteiger partial charge in [-0.15, -0.1) is 0 Å². The van der Waals surface area contributed by atoms with Gasteiger partial charge in [0.15, 0.2) is 12.7 Å². The molecular formula is C19H16ClFN4O4. The molecule has 0 radical (unpaired) electrons. The number of benzene rings is 1. The molecule has 29 heavy (non-hydrogen) atoms. The minimum Gasteiger partial charge on any atom is -0.484 e.